The zero-order valence-electron chi connectivity index (χ0n) is 16.1. The van der Waals surface area contributed by atoms with Gasteiger partial charge in [-0.1, -0.05) is 54.9 Å². The second kappa shape index (κ2) is 9.70. The molecule has 1 heterocycles. The van der Waals surface area contributed by atoms with Crippen molar-refractivity contribution in [2.75, 3.05) is 6.61 Å². The molecule has 0 amide bonds. The zero-order chi connectivity index (χ0) is 19.1. The molecule has 0 aliphatic heterocycles. The number of benzene rings is 1. The number of nitrogens with zero attached hydrogens (tertiary/aromatic N) is 2. The van der Waals surface area contributed by atoms with Crippen LogP contribution in [0.3, 0.4) is 0 Å². The van der Waals surface area contributed by atoms with Gasteiger partial charge in [0.2, 0.25) is 0 Å². The SMILES string of the molecule is CC1CC=C(CON=C(CC(C)c2cccnc2)c2ccc(Cl)cc2)CC1. The van der Waals surface area contributed by atoms with Gasteiger partial charge in [0.15, 0.2) is 0 Å². The smallest absolute Gasteiger partial charge is 0.138 e. The van der Waals surface area contributed by atoms with Crippen molar-refractivity contribution < 1.29 is 4.84 Å². The van der Waals surface area contributed by atoms with Gasteiger partial charge in [0.1, 0.15) is 6.61 Å². The van der Waals surface area contributed by atoms with Crippen LogP contribution in [-0.4, -0.2) is 17.3 Å². The van der Waals surface area contributed by atoms with Gasteiger partial charge in [-0.2, -0.15) is 0 Å². The monoisotopic (exact) mass is 382 g/mol. The van der Waals surface area contributed by atoms with Crippen LogP contribution in [-0.2, 0) is 4.84 Å². The van der Waals surface area contributed by atoms with E-state index < -0.39 is 0 Å². The lowest BCUT2D eigenvalue weighted by Crippen LogP contribution is -2.09. The molecule has 0 radical (unpaired) electrons. The van der Waals surface area contributed by atoms with Crippen LogP contribution in [0.2, 0.25) is 5.02 Å². The molecule has 4 heteroatoms. The van der Waals surface area contributed by atoms with Gasteiger partial charge in [-0.25, -0.2) is 0 Å². The van der Waals surface area contributed by atoms with Crippen molar-refractivity contribution in [2.45, 2.75) is 45.4 Å². The molecule has 0 saturated carbocycles. The first-order valence-corrected chi connectivity index (χ1v) is 10.0. The largest absolute Gasteiger partial charge is 0.391 e. The van der Waals surface area contributed by atoms with Crippen LogP contribution in [0.4, 0.5) is 0 Å². The van der Waals surface area contributed by atoms with Crippen molar-refractivity contribution in [1.29, 1.82) is 0 Å². The minimum atomic E-state index is 0.298. The Balaban J connectivity index is 1.72. The van der Waals surface area contributed by atoms with E-state index in [0.29, 0.717) is 12.5 Å². The predicted octanol–water partition coefficient (Wildman–Crippen LogP) is 6.40. The van der Waals surface area contributed by atoms with E-state index in [1.165, 1.54) is 17.6 Å². The zero-order valence-corrected chi connectivity index (χ0v) is 16.8. The van der Waals surface area contributed by atoms with Crippen molar-refractivity contribution in [3.8, 4) is 0 Å². The quantitative estimate of drug-likeness (QED) is 0.315. The summed E-state index contributed by atoms with van der Waals surface area (Å²) < 4.78 is 0. The summed E-state index contributed by atoms with van der Waals surface area (Å²) in [6.45, 7) is 5.06. The number of allylic oxidation sites excluding steroid dienone is 1. The first-order valence-electron chi connectivity index (χ1n) is 9.64. The maximum atomic E-state index is 6.05. The van der Waals surface area contributed by atoms with Crippen molar-refractivity contribution >= 4 is 17.3 Å². The van der Waals surface area contributed by atoms with Crippen molar-refractivity contribution in [1.82, 2.24) is 4.98 Å². The van der Waals surface area contributed by atoms with Gasteiger partial charge in [-0.3, -0.25) is 4.98 Å². The van der Waals surface area contributed by atoms with Crippen molar-refractivity contribution in [3.63, 3.8) is 0 Å². The van der Waals surface area contributed by atoms with Crippen LogP contribution < -0.4 is 0 Å². The third kappa shape index (κ3) is 5.93. The number of rotatable bonds is 7. The first-order chi connectivity index (χ1) is 13.1. The second-order valence-electron chi connectivity index (χ2n) is 7.45. The standard InChI is InChI=1S/C23H27ClN2O/c1-17-5-7-19(8-6-17)16-27-26-23(20-9-11-22(24)12-10-20)14-18(2)21-4-3-13-25-15-21/h3-4,7,9-13,15,17-18H,5-6,8,14,16H2,1-2H3. The van der Waals surface area contributed by atoms with Crippen LogP contribution in [0, 0.1) is 5.92 Å². The Morgan fingerprint density at radius 3 is 2.78 bits per heavy atom. The van der Waals surface area contributed by atoms with E-state index in [2.05, 4.69) is 36.1 Å². The minimum Gasteiger partial charge on any atom is -0.391 e. The Morgan fingerprint density at radius 1 is 1.30 bits per heavy atom. The molecule has 2 aromatic rings. The molecule has 27 heavy (non-hydrogen) atoms. The van der Waals surface area contributed by atoms with Gasteiger partial charge < -0.3 is 4.84 Å². The van der Waals surface area contributed by atoms with Crippen LogP contribution in [0.5, 0.6) is 0 Å². The topological polar surface area (TPSA) is 34.5 Å². The fraction of sp³-hybridized carbons (Fsp3) is 0.391. The number of aromatic nitrogens is 1. The third-order valence-corrected chi connectivity index (χ3v) is 5.37. The van der Waals surface area contributed by atoms with E-state index in [-0.39, 0.29) is 0 Å². The van der Waals surface area contributed by atoms with E-state index >= 15 is 0 Å². The summed E-state index contributed by atoms with van der Waals surface area (Å²) in [6.07, 6.45) is 10.3. The lowest BCUT2D eigenvalue weighted by atomic mass is 9.91. The number of pyridine rings is 1. The summed E-state index contributed by atoms with van der Waals surface area (Å²) in [7, 11) is 0. The summed E-state index contributed by atoms with van der Waals surface area (Å²) in [6, 6.07) is 11.9. The number of hydrogen-bond acceptors (Lipinski definition) is 3. The fourth-order valence-corrected chi connectivity index (χ4v) is 3.40. The fourth-order valence-electron chi connectivity index (χ4n) is 3.27. The lowest BCUT2D eigenvalue weighted by Gasteiger charge is -2.18. The van der Waals surface area contributed by atoms with Crippen molar-refractivity contribution in [2.24, 2.45) is 11.1 Å². The van der Waals surface area contributed by atoms with Crippen LogP contribution in [0.1, 0.15) is 56.6 Å². The molecular formula is C23H27ClN2O. The molecule has 0 bridgehead atoms. The Kier molecular flexibility index (Phi) is 7.05. The maximum absolute atomic E-state index is 6.05. The van der Waals surface area contributed by atoms with Crippen LogP contribution >= 0.6 is 11.6 Å². The molecule has 0 spiro atoms. The third-order valence-electron chi connectivity index (χ3n) is 5.12. The summed E-state index contributed by atoms with van der Waals surface area (Å²) in [5.41, 5.74) is 4.53. The Hall–Kier alpha value is -2.13. The molecule has 0 fully saturated rings. The molecule has 3 rings (SSSR count). The van der Waals surface area contributed by atoms with E-state index in [0.717, 1.165) is 41.5 Å². The average Bonchev–Trinajstić information content (AvgIpc) is 2.70. The summed E-state index contributed by atoms with van der Waals surface area (Å²) in [5, 5.41) is 5.24. The molecule has 1 aliphatic carbocycles. The lowest BCUT2D eigenvalue weighted by molar-refractivity contribution is 0.162. The Morgan fingerprint density at radius 2 is 2.11 bits per heavy atom. The molecule has 1 aliphatic rings. The van der Waals surface area contributed by atoms with E-state index in [4.69, 9.17) is 16.4 Å². The van der Waals surface area contributed by atoms with Crippen molar-refractivity contribution in [3.05, 3.63) is 76.6 Å². The highest BCUT2D eigenvalue weighted by molar-refractivity contribution is 6.30. The second-order valence-corrected chi connectivity index (χ2v) is 7.89. The molecule has 2 unspecified atom stereocenters. The molecule has 0 N–H and O–H groups in total. The molecular weight excluding hydrogens is 356 g/mol. The molecule has 0 saturated heterocycles. The van der Waals surface area contributed by atoms with Gasteiger partial charge in [0.05, 0.1) is 5.71 Å². The van der Waals surface area contributed by atoms with Gasteiger partial charge >= 0.3 is 0 Å². The maximum Gasteiger partial charge on any atom is 0.138 e. The van der Waals surface area contributed by atoms with Gasteiger partial charge in [-0.05, 0) is 66.0 Å². The summed E-state index contributed by atoms with van der Waals surface area (Å²) in [5.74, 6) is 1.08. The Bertz CT molecular complexity index is 784. The van der Waals surface area contributed by atoms with Gasteiger partial charge in [0, 0.05) is 23.8 Å². The van der Waals surface area contributed by atoms with E-state index in [1.807, 2.05) is 36.5 Å². The van der Waals surface area contributed by atoms with Gasteiger partial charge in [0.25, 0.3) is 0 Å². The molecule has 142 valence electrons. The normalized spacial score (nSPS) is 18.7. The Labute approximate surface area is 167 Å². The number of hydrogen-bond donors (Lipinski definition) is 0. The highest BCUT2D eigenvalue weighted by atomic mass is 35.5. The predicted molar refractivity (Wildman–Crippen MR) is 112 cm³/mol. The first kappa shape index (κ1) is 19.6. The van der Waals surface area contributed by atoms with Crippen LogP contribution in [0.25, 0.3) is 0 Å². The average molecular weight is 383 g/mol. The van der Waals surface area contributed by atoms with E-state index in [9.17, 15) is 0 Å². The van der Waals surface area contributed by atoms with Gasteiger partial charge in [-0.15, -0.1) is 0 Å². The molecule has 3 nitrogen and oxygen atoms in total. The molecule has 1 aromatic carbocycles. The molecule has 2 atom stereocenters. The highest BCUT2D eigenvalue weighted by Crippen LogP contribution is 2.24. The number of oxime groups is 1. The minimum absolute atomic E-state index is 0.298. The van der Waals surface area contributed by atoms with E-state index in [1.54, 1.807) is 6.20 Å². The number of halogens is 1. The van der Waals surface area contributed by atoms with Crippen LogP contribution in [0.15, 0.2) is 65.6 Å². The molecule has 1 aromatic heterocycles. The summed E-state index contributed by atoms with van der Waals surface area (Å²) in [4.78, 5) is 9.99. The highest BCUT2D eigenvalue weighted by Gasteiger charge is 2.14. The summed E-state index contributed by atoms with van der Waals surface area (Å²) >= 11 is 6.05.